The van der Waals surface area contributed by atoms with Crippen molar-refractivity contribution in [3.8, 4) is 0 Å². The fourth-order valence-corrected chi connectivity index (χ4v) is 2.20. The number of benzene rings is 2. The van der Waals surface area contributed by atoms with Crippen molar-refractivity contribution in [2.24, 2.45) is 5.10 Å². The molecule has 4 rings (SSSR count). The first-order valence-electron chi connectivity index (χ1n) is 6.84. The molecule has 106 valence electrons. The van der Waals surface area contributed by atoms with Crippen molar-refractivity contribution >= 4 is 34.2 Å². The average Bonchev–Trinajstić information content (AvgIpc) is 2.97. The third kappa shape index (κ3) is 2.37. The van der Waals surface area contributed by atoms with Gasteiger partial charge in [0.05, 0.1) is 34.5 Å². The fraction of sp³-hybridized carbons (Fsp3) is 0. The molecule has 22 heavy (non-hydrogen) atoms. The zero-order chi connectivity index (χ0) is 14.8. The summed E-state index contributed by atoms with van der Waals surface area (Å²) in [5.41, 5.74) is 7.11. The summed E-state index contributed by atoms with van der Waals surface area (Å²) >= 11 is 0. The molecule has 0 amide bonds. The molecule has 0 aliphatic rings. The third-order valence-electron chi connectivity index (χ3n) is 3.22. The molecule has 6 nitrogen and oxygen atoms in total. The predicted molar refractivity (Wildman–Crippen MR) is 86.8 cm³/mol. The van der Waals surface area contributed by atoms with E-state index in [1.165, 1.54) is 0 Å². The van der Waals surface area contributed by atoms with E-state index in [1.54, 1.807) is 12.4 Å². The molecule has 0 bridgehead atoms. The van der Waals surface area contributed by atoms with E-state index in [0.29, 0.717) is 11.6 Å². The van der Waals surface area contributed by atoms with Gasteiger partial charge in [-0.15, -0.1) is 0 Å². The summed E-state index contributed by atoms with van der Waals surface area (Å²) in [7, 11) is 0. The third-order valence-corrected chi connectivity index (χ3v) is 3.22. The molecule has 0 spiro atoms. The molecule has 4 aromatic rings. The molecular weight excluding hydrogens is 276 g/mol. The van der Waals surface area contributed by atoms with E-state index < -0.39 is 0 Å². The van der Waals surface area contributed by atoms with Gasteiger partial charge in [-0.3, -0.25) is 4.98 Å². The molecule has 0 radical (unpaired) electrons. The van der Waals surface area contributed by atoms with Crippen molar-refractivity contribution in [3.63, 3.8) is 0 Å². The number of anilines is 1. The van der Waals surface area contributed by atoms with Crippen LogP contribution >= 0.6 is 0 Å². The molecule has 6 heteroatoms. The Kier molecular flexibility index (Phi) is 2.97. The number of hydrogen-bond acceptors (Lipinski definition) is 5. The minimum atomic E-state index is 0.589. The normalized spacial score (nSPS) is 11.5. The maximum atomic E-state index is 4.47. The van der Waals surface area contributed by atoms with Gasteiger partial charge in [0.15, 0.2) is 0 Å². The van der Waals surface area contributed by atoms with Gasteiger partial charge in [-0.05, 0) is 24.3 Å². The Hall–Kier alpha value is -3.28. The molecule has 0 aliphatic heterocycles. The van der Waals surface area contributed by atoms with Gasteiger partial charge in [0.1, 0.15) is 5.69 Å². The van der Waals surface area contributed by atoms with Gasteiger partial charge in [-0.25, -0.2) is 15.4 Å². The van der Waals surface area contributed by atoms with Crippen LogP contribution in [0.2, 0.25) is 0 Å². The molecule has 2 heterocycles. The highest BCUT2D eigenvalue weighted by molar-refractivity contribution is 5.82. The Morgan fingerprint density at radius 3 is 2.55 bits per heavy atom. The number of fused-ring (bicyclic) bond motifs is 2. The van der Waals surface area contributed by atoms with Gasteiger partial charge >= 0.3 is 0 Å². The van der Waals surface area contributed by atoms with Crippen molar-refractivity contribution in [3.05, 3.63) is 60.4 Å². The Morgan fingerprint density at radius 2 is 1.68 bits per heavy atom. The van der Waals surface area contributed by atoms with Crippen LogP contribution in [0.3, 0.4) is 0 Å². The second-order valence-electron chi connectivity index (χ2n) is 4.76. The van der Waals surface area contributed by atoms with Crippen LogP contribution in [-0.4, -0.2) is 26.2 Å². The zero-order valence-corrected chi connectivity index (χ0v) is 11.6. The molecule has 0 saturated heterocycles. The van der Waals surface area contributed by atoms with Gasteiger partial charge in [-0.2, -0.15) is 5.10 Å². The lowest BCUT2D eigenvalue weighted by Gasteiger charge is -1.97. The lowest BCUT2D eigenvalue weighted by molar-refractivity contribution is 1.20. The highest BCUT2D eigenvalue weighted by Gasteiger charge is 2.00. The second kappa shape index (κ2) is 5.25. The molecule has 0 atom stereocenters. The largest absolute Gasteiger partial charge is 0.323 e. The summed E-state index contributed by atoms with van der Waals surface area (Å²) < 4.78 is 0. The number of nitrogens with zero attached hydrogens (tertiary/aromatic N) is 4. The molecule has 0 fully saturated rings. The molecule has 2 aromatic heterocycles. The summed E-state index contributed by atoms with van der Waals surface area (Å²) in [6, 6.07) is 15.5. The fourth-order valence-electron chi connectivity index (χ4n) is 2.20. The van der Waals surface area contributed by atoms with Gasteiger partial charge in [-0.1, -0.05) is 24.3 Å². The number of hydrazone groups is 1. The molecular formula is C16H12N6. The number of para-hydroxylation sites is 4. The van der Waals surface area contributed by atoms with E-state index in [2.05, 4.69) is 30.5 Å². The minimum Gasteiger partial charge on any atom is -0.323 e. The summed E-state index contributed by atoms with van der Waals surface area (Å²) in [4.78, 5) is 16.3. The van der Waals surface area contributed by atoms with Crippen LogP contribution < -0.4 is 5.43 Å². The van der Waals surface area contributed by atoms with Crippen molar-refractivity contribution in [2.75, 3.05) is 5.43 Å². The van der Waals surface area contributed by atoms with Crippen LogP contribution in [0.25, 0.3) is 22.1 Å². The van der Waals surface area contributed by atoms with Crippen molar-refractivity contribution < 1.29 is 0 Å². The first kappa shape index (κ1) is 12.5. The van der Waals surface area contributed by atoms with Crippen molar-refractivity contribution in [1.82, 2.24) is 19.9 Å². The summed E-state index contributed by atoms with van der Waals surface area (Å²) in [6.07, 6.45) is 3.30. The summed E-state index contributed by atoms with van der Waals surface area (Å²) in [5, 5.41) is 4.14. The van der Waals surface area contributed by atoms with Gasteiger partial charge < -0.3 is 4.98 Å². The van der Waals surface area contributed by atoms with E-state index in [-0.39, 0.29) is 0 Å². The van der Waals surface area contributed by atoms with E-state index >= 15 is 0 Å². The van der Waals surface area contributed by atoms with Crippen LogP contribution in [-0.2, 0) is 0 Å². The maximum Gasteiger partial charge on any atom is 0.222 e. The summed E-state index contributed by atoms with van der Waals surface area (Å²) in [5.74, 6) is 0.589. The molecule has 0 aliphatic carbocycles. The van der Waals surface area contributed by atoms with Crippen LogP contribution in [0.1, 0.15) is 5.69 Å². The second-order valence-corrected chi connectivity index (χ2v) is 4.76. The number of H-pyrrole nitrogens is 1. The van der Waals surface area contributed by atoms with E-state index in [4.69, 9.17) is 0 Å². The minimum absolute atomic E-state index is 0.589. The summed E-state index contributed by atoms with van der Waals surface area (Å²) in [6.45, 7) is 0. The smallest absolute Gasteiger partial charge is 0.222 e. The van der Waals surface area contributed by atoms with Crippen LogP contribution in [0.4, 0.5) is 5.95 Å². The lowest BCUT2D eigenvalue weighted by atomic mass is 10.3. The lowest BCUT2D eigenvalue weighted by Crippen LogP contribution is -1.95. The highest BCUT2D eigenvalue weighted by Crippen LogP contribution is 2.13. The van der Waals surface area contributed by atoms with E-state index in [0.717, 1.165) is 22.1 Å². The molecule has 2 aromatic carbocycles. The topological polar surface area (TPSA) is 78.9 Å². The average molecular weight is 288 g/mol. The van der Waals surface area contributed by atoms with Crippen molar-refractivity contribution in [2.45, 2.75) is 0 Å². The van der Waals surface area contributed by atoms with Crippen molar-refractivity contribution in [1.29, 1.82) is 0 Å². The number of aromatic nitrogens is 4. The number of imidazole rings is 1. The maximum absolute atomic E-state index is 4.47. The van der Waals surface area contributed by atoms with Gasteiger partial charge in [0.25, 0.3) is 0 Å². The Morgan fingerprint density at radius 1 is 0.909 bits per heavy atom. The molecule has 2 N–H and O–H groups in total. The van der Waals surface area contributed by atoms with Crippen LogP contribution in [0, 0.1) is 0 Å². The SMILES string of the molecule is C(=N\Nc1nc2ccccc2[nH]1)/c1cnc2ccccc2n1. The molecule has 0 saturated carbocycles. The predicted octanol–water partition coefficient (Wildman–Crippen LogP) is 2.95. The number of rotatable bonds is 3. The first-order chi connectivity index (χ1) is 10.9. The quantitative estimate of drug-likeness (QED) is 0.449. The number of aromatic amines is 1. The van der Waals surface area contributed by atoms with Crippen LogP contribution in [0.5, 0.6) is 0 Å². The monoisotopic (exact) mass is 288 g/mol. The van der Waals surface area contributed by atoms with Gasteiger partial charge in [0.2, 0.25) is 5.95 Å². The number of hydrogen-bond donors (Lipinski definition) is 2. The van der Waals surface area contributed by atoms with E-state index in [9.17, 15) is 0 Å². The number of nitrogens with one attached hydrogen (secondary N) is 2. The Bertz CT molecular complexity index is 939. The Labute approximate surface area is 126 Å². The highest BCUT2D eigenvalue weighted by atomic mass is 15.4. The van der Waals surface area contributed by atoms with E-state index in [1.807, 2.05) is 48.5 Å². The first-order valence-corrected chi connectivity index (χ1v) is 6.84. The Balaban J connectivity index is 1.55. The standard InChI is InChI=1S/C16H12N6/c1-2-6-13-12(5-1)17-9-11(19-13)10-18-22-16-20-14-7-3-4-8-15(14)21-16/h1-10H,(H2,20,21,22)/b18-10+. The molecule has 0 unspecified atom stereocenters. The van der Waals surface area contributed by atoms with Crippen LogP contribution in [0.15, 0.2) is 59.8 Å². The van der Waals surface area contributed by atoms with Gasteiger partial charge in [0, 0.05) is 0 Å². The zero-order valence-electron chi connectivity index (χ0n) is 11.6.